The Hall–Kier alpha value is -6.70. The summed E-state index contributed by atoms with van der Waals surface area (Å²) < 4.78 is 0. The minimum Gasteiger partial charge on any atom is -0.310 e. The van der Waals surface area contributed by atoms with Crippen molar-refractivity contribution in [3.05, 3.63) is 207 Å². The van der Waals surface area contributed by atoms with Gasteiger partial charge in [-0.3, -0.25) is 0 Å². The summed E-state index contributed by atoms with van der Waals surface area (Å²) in [4.78, 5) is 2.61. The number of hydrogen-bond acceptors (Lipinski definition) is 1. The molecule has 1 atom stereocenters. The monoisotopic (exact) mass is 869 g/mol. The van der Waals surface area contributed by atoms with Crippen molar-refractivity contribution < 1.29 is 0 Å². The second-order valence-electron chi connectivity index (χ2n) is 20.7. The molecule has 1 heteroatoms. The average Bonchev–Trinajstić information content (AvgIpc) is 3.56. The number of benzene rings is 9. The molecule has 332 valence electrons. The lowest BCUT2D eigenvalue weighted by Crippen LogP contribution is -2.21. The molecule has 2 aliphatic rings. The first-order valence-electron chi connectivity index (χ1n) is 24.8. The summed E-state index contributed by atoms with van der Waals surface area (Å²) in [6.07, 6.45) is 1.97. The van der Waals surface area contributed by atoms with Gasteiger partial charge < -0.3 is 4.90 Å². The minimum atomic E-state index is -0.231. The summed E-state index contributed by atoms with van der Waals surface area (Å²) in [5.41, 5.74) is 29.5. The molecular weight excluding hydrogens is 807 g/mol. The summed E-state index contributed by atoms with van der Waals surface area (Å²) in [6, 6.07) is 56.6. The first-order chi connectivity index (χ1) is 32.3. The number of anilines is 3. The minimum absolute atomic E-state index is 0.166. The molecule has 67 heavy (non-hydrogen) atoms. The Labute approximate surface area is 399 Å². The van der Waals surface area contributed by atoms with Crippen molar-refractivity contribution in [2.45, 2.75) is 106 Å². The van der Waals surface area contributed by atoms with Gasteiger partial charge in [0.15, 0.2) is 0 Å². The molecule has 0 aromatic heterocycles. The Balaban J connectivity index is 1.13. The van der Waals surface area contributed by atoms with E-state index in [2.05, 4.69) is 227 Å². The molecule has 0 radical (unpaired) electrons. The highest BCUT2D eigenvalue weighted by molar-refractivity contribution is 6.10. The van der Waals surface area contributed by atoms with E-state index in [1.165, 1.54) is 144 Å². The van der Waals surface area contributed by atoms with Crippen LogP contribution in [0.2, 0.25) is 0 Å². The summed E-state index contributed by atoms with van der Waals surface area (Å²) in [7, 11) is 0. The Morgan fingerprint density at radius 1 is 0.507 bits per heavy atom. The van der Waals surface area contributed by atoms with Crippen LogP contribution in [0.3, 0.4) is 0 Å². The van der Waals surface area contributed by atoms with Gasteiger partial charge in [0.05, 0.1) is 5.69 Å². The van der Waals surface area contributed by atoms with Gasteiger partial charge in [-0.25, -0.2) is 0 Å². The van der Waals surface area contributed by atoms with E-state index < -0.39 is 0 Å². The van der Waals surface area contributed by atoms with Crippen LogP contribution in [0.4, 0.5) is 17.1 Å². The van der Waals surface area contributed by atoms with Crippen LogP contribution < -0.4 is 4.90 Å². The fraction of sp³-hybridized carbons (Fsp3) is 0.242. The van der Waals surface area contributed by atoms with Crippen molar-refractivity contribution >= 4 is 38.6 Å². The molecule has 1 nitrogen and oxygen atoms in total. The number of hydrogen-bond donors (Lipinski definition) is 0. The van der Waals surface area contributed by atoms with E-state index in [-0.39, 0.29) is 11.3 Å². The Kier molecular flexibility index (Phi) is 10.2. The molecule has 0 saturated heterocycles. The molecule has 11 rings (SSSR count). The molecular formula is C66H63N. The lowest BCUT2D eigenvalue weighted by Gasteiger charge is -2.38. The van der Waals surface area contributed by atoms with Crippen LogP contribution in [0.1, 0.15) is 121 Å². The van der Waals surface area contributed by atoms with Crippen molar-refractivity contribution in [3.63, 3.8) is 0 Å². The normalized spacial score (nSPS) is 14.4. The van der Waals surface area contributed by atoms with Crippen molar-refractivity contribution in [2.24, 2.45) is 0 Å². The highest BCUT2D eigenvalue weighted by atomic mass is 15.1. The number of fused-ring (bicyclic) bond motifs is 10. The first kappa shape index (κ1) is 42.9. The lowest BCUT2D eigenvalue weighted by molar-refractivity contribution is 0.661. The van der Waals surface area contributed by atoms with Crippen molar-refractivity contribution in [2.75, 3.05) is 4.90 Å². The highest BCUT2D eigenvalue weighted by Crippen LogP contribution is 2.57. The number of nitrogens with zero attached hydrogens (tertiary/aromatic N) is 1. The quantitative estimate of drug-likeness (QED) is 0.147. The highest BCUT2D eigenvalue weighted by Gasteiger charge is 2.39. The third-order valence-electron chi connectivity index (χ3n) is 15.8. The first-order valence-corrected chi connectivity index (χ1v) is 24.8. The molecule has 0 N–H and O–H groups in total. The summed E-state index contributed by atoms with van der Waals surface area (Å²) in [6.45, 7) is 25.8. The Morgan fingerprint density at radius 3 is 1.94 bits per heavy atom. The standard InChI is InChI=1S/C66H63N/c1-12-44-25-26-46-18-14-15-19-48(46)64(44)55-36-54-43(9)63-61(31-29-51(62(63)38(3)4)56(54)34-45(55)13-2)67(60-30-23-39(5)32-42(60)8)47-27-28-52-58(35-47)66(10,11)59-37-57(53-33-40(6)22-24-41(53)7)49-20-16-17-21-50(49)65(52)59/h14-38,43H,12-13H2,1-11H3. The van der Waals surface area contributed by atoms with Crippen molar-refractivity contribution in [3.8, 4) is 44.5 Å². The average molecular weight is 870 g/mol. The maximum atomic E-state index is 2.61. The van der Waals surface area contributed by atoms with Crippen LogP contribution >= 0.6 is 0 Å². The van der Waals surface area contributed by atoms with Crippen molar-refractivity contribution in [1.82, 2.24) is 0 Å². The van der Waals surface area contributed by atoms with Crippen LogP contribution in [0.25, 0.3) is 66.1 Å². The van der Waals surface area contributed by atoms with E-state index in [0.29, 0.717) is 5.92 Å². The van der Waals surface area contributed by atoms with E-state index in [9.17, 15) is 0 Å². The summed E-state index contributed by atoms with van der Waals surface area (Å²) in [5, 5.41) is 5.29. The van der Waals surface area contributed by atoms with Gasteiger partial charge in [0.2, 0.25) is 0 Å². The smallest absolute Gasteiger partial charge is 0.0503 e. The fourth-order valence-corrected chi connectivity index (χ4v) is 12.4. The van der Waals surface area contributed by atoms with Gasteiger partial charge in [0.1, 0.15) is 0 Å². The third kappa shape index (κ3) is 6.56. The second-order valence-corrected chi connectivity index (χ2v) is 20.7. The van der Waals surface area contributed by atoms with E-state index >= 15 is 0 Å². The largest absolute Gasteiger partial charge is 0.310 e. The van der Waals surface area contributed by atoms with Crippen LogP contribution in [0, 0.1) is 27.7 Å². The molecule has 9 aromatic carbocycles. The molecule has 0 aliphatic heterocycles. The maximum Gasteiger partial charge on any atom is 0.0503 e. The predicted octanol–water partition coefficient (Wildman–Crippen LogP) is 18.7. The summed E-state index contributed by atoms with van der Waals surface area (Å²) >= 11 is 0. The van der Waals surface area contributed by atoms with Crippen LogP contribution in [0.15, 0.2) is 146 Å². The Bertz CT molecular complexity index is 3500. The third-order valence-corrected chi connectivity index (χ3v) is 15.8. The van der Waals surface area contributed by atoms with E-state index in [1.807, 2.05) is 0 Å². The van der Waals surface area contributed by atoms with Gasteiger partial charge in [0.25, 0.3) is 0 Å². The van der Waals surface area contributed by atoms with Crippen molar-refractivity contribution in [1.29, 1.82) is 0 Å². The number of aryl methyl sites for hydroxylation is 6. The fourth-order valence-electron chi connectivity index (χ4n) is 12.4. The molecule has 9 aromatic rings. The van der Waals surface area contributed by atoms with Gasteiger partial charge in [0, 0.05) is 22.7 Å². The SMILES string of the molecule is CCc1cc2c(cc1-c1c(CC)ccc3ccccc13)C(C)c1c(N(c3ccc4c(c3)C(C)(C)c3cc(-c5cc(C)ccc5C)c5ccccc5c3-4)c3ccc(C)cc3C)ccc-2c1C(C)C. The zero-order chi connectivity index (χ0) is 46.6. The topological polar surface area (TPSA) is 3.24 Å². The van der Waals surface area contributed by atoms with E-state index in [1.54, 1.807) is 0 Å². The molecule has 1 unspecified atom stereocenters. The van der Waals surface area contributed by atoms with Gasteiger partial charge in [-0.1, -0.05) is 169 Å². The maximum absolute atomic E-state index is 2.61. The summed E-state index contributed by atoms with van der Waals surface area (Å²) in [5.74, 6) is 0.503. The Morgan fingerprint density at radius 2 is 1.19 bits per heavy atom. The zero-order valence-corrected chi connectivity index (χ0v) is 41.4. The zero-order valence-electron chi connectivity index (χ0n) is 41.4. The van der Waals surface area contributed by atoms with Gasteiger partial charge in [-0.15, -0.1) is 0 Å². The molecule has 0 heterocycles. The second kappa shape index (κ2) is 16.0. The molecule has 0 amide bonds. The molecule has 2 bridgehead atoms. The number of rotatable bonds is 8. The van der Waals surface area contributed by atoms with Crippen LogP contribution in [-0.2, 0) is 18.3 Å². The van der Waals surface area contributed by atoms with Crippen LogP contribution in [0.5, 0.6) is 0 Å². The molecule has 0 saturated carbocycles. The van der Waals surface area contributed by atoms with Gasteiger partial charge >= 0.3 is 0 Å². The van der Waals surface area contributed by atoms with Gasteiger partial charge in [-0.05, 0) is 199 Å². The van der Waals surface area contributed by atoms with Crippen LogP contribution in [-0.4, -0.2) is 0 Å². The molecule has 2 aliphatic carbocycles. The van der Waals surface area contributed by atoms with E-state index in [4.69, 9.17) is 0 Å². The van der Waals surface area contributed by atoms with E-state index in [0.717, 1.165) is 12.8 Å². The van der Waals surface area contributed by atoms with Gasteiger partial charge in [-0.2, -0.15) is 0 Å². The molecule has 0 fully saturated rings. The molecule has 0 spiro atoms. The lowest BCUT2D eigenvalue weighted by atomic mass is 9.71. The predicted molar refractivity (Wildman–Crippen MR) is 289 cm³/mol.